The number of nitrogens with zero attached hydrogens (tertiary/aromatic N) is 2. The molecule has 0 atom stereocenters. The zero-order chi connectivity index (χ0) is 16.4. The molecule has 0 saturated heterocycles. The first kappa shape index (κ1) is 14.9. The number of alkyl halides is 3. The van der Waals surface area contributed by atoms with Crippen molar-refractivity contribution in [3.05, 3.63) is 60.4 Å². The molecule has 0 unspecified atom stereocenters. The Kier molecular flexibility index (Phi) is 3.65. The van der Waals surface area contributed by atoms with Gasteiger partial charge in [0.05, 0.1) is 29.2 Å². The second-order valence-corrected chi connectivity index (χ2v) is 4.62. The van der Waals surface area contributed by atoms with Gasteiger partial charge in [-0.15, -0.1) is 0 Å². The van der Waals surface area contributed by atoms with Crippen molar-refractivity contribution in [1.29, 1.82) is 0 Å². The van der Waals surface area contributed by atoms with Crippen LogP contribution in [0.25, 0.3) is 17.2 Å². The van der Waals surface area contributed by atoms with E-state index in [0.29, 0.717) is 5.52 Å². The summed E-state index contributed by atoms with van der Waals surface area (Å²) < 4.78 is 44.4. The molecule has 2 aromatic heterocycles. The van der Waals surface area contributed by atoms with E-state index >= 15 is 0 Å². The van der Waals surface area contributed by atoms with E-state index in [1.165, 1.54) is 41.7 Å². The van der Waals surface area contributed by atoms with Crippen molar-refractivity contribution in [2.45, 2.75) is 6.18 Å². The standard InChI is InChI=1S/C15H10F3N3O2/c16-15(17,18)10-3-4-12-11(8-10)20-9-21(12)6-5-19-14(22)13-2-1-7-23-13/h1-9H,(H,19,22). The van der Waals surface area contributed by atoms with Crippen molar-refractivity contribution in [2.75, 3.05) is 0 Å². The van der Waals surface area contributed by atoms with Crippen LogP contribution in [-0.4, -0.2) is 15.5 Å². The molecule has 23 heavy (non-hydrogen) atoms. The summed E-state index contributed by atoms with van der Waals surface area (Å²) in [5, 5.41) is 2.48. The number of rotatable bonds is 3. The van der Waals surface area contributed by atoms with Crippen LogP contribution >= 0.6 is 0 Å². The first-order chi connectivity index (χ1) is 10.9. The summed E-state index contributed by atoms with van der Waals surface area (Å²) in [6, 6.07) is 6.37. The molecule has 0 bridgehead atoms. The number of hydrogen-bond donors (Lipinski definition) is 1. The number of hydrogen-bond acceptors (Lipinski definition) is 3. The fraction of sp³-hybridized carbons (Fsp3) is 0.0667. The van der Waals surface area contributed by atoms with E-state index in [1.807, 2.05) is 0 Å². The van der Waals surface area contributed by atoms with Crippen molar-refractivity contribution in [2.24, 2.45) is 0 Å². The topological polar surface area (TPSA) is 60.1 Å². The molecule has 0 fully saturated rings. The maximum Gasteiger partial charge on any atom is 0.416 e. The quantitative estimate of drug-likeness (QED) is 0.803. The molecule has 3 rings (SSSR count). The third kappa shape index (κ3) is 3.10. The summed E-state index contributed by atoms with van der Waals surface area (Å²) in [6.45, 7) is 0. The monoisotopic (exact) mass is 321 g/mol. The SMILES string of the molecule is O=C(NC=Cn1cnc2cc(C(F)(F)F)ccc21)c1ccco1. The van der Waals surface area contributed by atoms with Crippen molar-refractivity contribution >= 4 is 23.1 Å². The molecule has 2 heterocycles. The summed E-state index contributed by atoms with van der Waals surface area (Å²) in [7, 11) is 0. The van der Waals surface area contributed by atoms with E-state index in [9.17, 15) is 18.0 Å². The molecular formula is C15H10F3N3O2. The highest BCUT2D eigenvalue weighted by molar-refractivity contribution is 5.92. The largest absolute Gasteiger partial charge is 0.459 e. The van der Waals surface area contributed by atoms with Crippen molar-refractivity contribution < 1.29 is 22.4 Å². The van der Waals surface area contributed by atoms with Gasteiger partial charge < -0.3 is 14.3 Å². The smallest absolute Gasteiger partial charge is 0.416 e. The molecular weight excluding hydrogens is 311 g/mol. The number of imidazole rings is 1. The van der Waals surface area contributed by atoms with Gasteiger partial charge in [-0.2, -0.15) is 13.2 Å². The van der Waals surface area contributed by atoms with Crippen LogP contribution in [0.3, 0.4) is 0 Å². The Morgan fingerprint density at radius 3 is 2.83 bits per heavy atom. The second kappa shape index (κ2) is 5.64. The van der Waals surface area contributed by atoms with Crippen LogP contribution in [0.1, 0.15) is 16.1 Å². The fourth-order valence-corrected chi connectivity index (χ4v) is 2.00. The number of aromatic nitrogens is 2. The van der Waals surface area contributed by atoms with Gasteiger partial charge in [-0.3, -0.25) is 4.79 Å². The van der Waals surface area contributed by atoms with E-state index in [2.05, 4.69) is 10.3 Å². The summed E-state index contributed by atoms with van der Waals surface area (Å²) >= 11 is 0. The third-order valence-electron chi connectivity index (χ3n) is 3.10. The molecule has 0 aliphatic heterocycles. The molecule has 0 spiro atoms. The maximum absolute atomic E-state index is 12.6. The minimum atomic E-state index is -4.41. The van der Waals surface area contributed by atoms with E-state index in [0.717, 1.165) is 12.1 Å². The molecule has 0 aliphatic rings. The lowest BCUT2D eigenvalue weighted by Crippen LogP contribution is -2.16. The number of benzene rings is 1. The highest BCUT2D eigenvalue weighted by Gasteiger charge is 2.30. The van der Waals surface area contributed by atoms with Gasteiger partial charge in [-0.25, -0.2) is 4.98 Å². The number of carbonyl (C=O) groups excluding carboxylic acids is 1. The predicted octanol–water partition coefficient (Wildman–Crippen LogP) is 3.51. The van der Waals surface area contributed by atoms with Crippen LogP contribution < -0.4 is 5.32 Å². The number of nitrogens with one attached hydrogen (secondary N) is 1. The van der Waals surface area contributed by atoms with Gasteiger partial charge in [0.15, 0.2) is 5.76 Å². The normalized spacial score (nSPS) is 12.1. The van der Waals surface area contributed by atoms with Gasteiger partial charge in [0.1, 0.15) is 0 Å². The van der Waals surface area contributed by atoms with Gasteiger partial charge >= 0.3 is 6.18 Å². The van der Waals surface area contributed by atoms with E-state index in [1.54, 1.807) is 6.07 Å². The minimum Gasteiger partial charge on any atom is -0.459 e. The Hall–Kier alpha value is -3.03. The van der Waals surface area contributed by atoms with Crippen LogP contribution in [0.15, 0.2) is 53.5 Å². The number of fused-ring (bicyclic) bond motifs is 1. The summed E-state index contributed by atoms with van der Waals surface area (Å²) in [6.07, 6.45) is 1.15. The number of carbonyl (C=O) groups is 1. The minimum absolute atomic E-state index is 0.153. The maximum atomic E-state index is 12.6. The molecule has 118 valence electrons. The Labute approximate surface area is 128 Å². The van der Waals surface area contributed by atoms with Gasteiger partial charge in [0.25, 0.3) is 5.91 Å². The van der Waals surface area contributed by atoms with E-state index in [-0.39, 0.29) is 11.3 Å². The third-order valence-corrected chi connectivity index (χ3v) is 3.10. The predicted molar refractivity (Wildman–Crippen MR) is 76.2 cm³/mol. The van der Waals surface area contributed by atoms with Gasteiger partial charge in [0.2, 0.25) is 0 Å². The van der Waals surface area contributed by atoms with Gasteiger partial charge in [0, 0.05) is 12.4 Å². The molecule has 0 radical (unpaired) electrons. The number of furan rings is 1. The average molecular weight is 321 g/mol. The lowest BCUT2D eigenvalue weighted by molar-refractivity contribution is -0.137. The van der Waals surface area contributed by atoms with Crippen LogP contribution in [0.4, 0.5) is 13.2 Å². The van der Waals surface area contributed by atoms with Crippen molar-refractivity contribution in [3.63, 3.8) is 0 Å². The Morgan fingerprint density at radius 1 is 1.30 bits per heavy atom. The number of amides is 1. The second-order valence-electron chi connectivity index (χ2n) is 4.62. The fourth-order valence-electron chi connectivity index (χ4n) is 2.00. The molecule has 5 nitrogen and oxygen atoms in total. The summed E-state index contributed by atoms with van der Waals surface area (Å²) in [5.74, 6) is -0.282. The first-order valence-electron chi connectivity index (χ1n) is 6.50. The molecule has 8 heteroatoms. The lowest BCUT2D eigenvalue weighted by Gasteiger charge is -2.06. The van der Waals surface area contributed by atoms with Crippen LogP contribution in [-0.2, 0) is 6.18 Å². The van der Waals surface area contributed by atoms with Crippen LogP contribution in [0.5, 0.6) is 0 Å². The van der Waals surface area contributed by atoms with Crippen molar-refractivity contribution in [1.82, 2.24) is 14.9 Å². The lowest BCUT2D eigenvalue weighted by atomic mass is 10.2. The Bertz CT molecular complexity index is 864. The van der Waals surface area contributed by atoms with E-state index in [4.69, 9.17) is 4.42 Å². The zero-order valence-electron chi connectivity index (χ0n) is 11.5. The molecule has 1 aromatic carbocycles. The number of halogens is 3. The van der Waals surface area contributed by atoms with Gasteiger partial charge in [-0.1, -0.05) is 0 Å². The average Bonchev–Trinajstić information content (AvgIpc) is 3.15. The molecule has 1 N–H and O–H groups in total. The van der Waals surface area contributed by atoms with Crippen LogP contribution in [0.2, 0.25) is 0 Å². The van der Waals surface area contributed by atoms with Gasteiger partial charge in [-0.05, 0) is 30.3 Å². The molecule has 3 aromatic rings. The molecule has 0 aliphatic carbocycles. The highest BCUT2D eigenvalue weighted by atomic mass is 19.4. The Balaban J connectivity index is 1.78. The van der Waals surface area contributed by atoms with Crippen LogP contribution in [0, 0.1) is 0 Å². The van der Waals surface area contributed by atoms with E-state index < -0.39 is 17.6 Å². The first-order valence-corrected chi connectivity index (χ1v) is 6.50. The molecule has 0 saturated carbocycles. The Morgan fingerprint density at radius 2 is 2.13 bits per heavy atom. The summed E-state index contributed by atoms with van der Waals surface area (Å²) in [5.41, 5.74) is -0.0614. The zero-order valence-corrected chi connectivity index (χ0v) is 11.5. The van der Waals surface area contributed by atoms with Crippen molar-refractivity contribution in [3.8, 4) is 0 Å². The summed E-state index contributed by atoms with van der Waals surface area (Å²) in [4.78, 5) is 15.6. The molecule has 1 amide bonds. The highest BCUT2D eigenvalue weighted by Crippen LogP contribution is 2.31.